The van der Waals surface area contributed by atoms with Crippen LogP contribution in [0.2, 0.25) is 0 Å². The van der Waals surface area contributed by atoms with Crippen molar-refractivity contribution in [1.29, 1.82) is 0 Å². The van der Waals surface area contributed by atoms with Gasteiger partial charge in [0.15, 0.2) is 0 Å². The summed E-state index contributed by atoms with van der Waals surface area (Å²) in [7, 11) is 0. The predicted molar refractivity (Wildman–Crippen MR) is 52.8 cm³/mol. The van der Waals surface area contributed by atoms with E-state index >= 15 is 0 Å². The molecule has 1 aliphatic heterocycles. The maximum Gasteiger partial charge on any atom is 0.0698 e. The Bertz CT molecular complexity index is 298. The molecular weight excluding hydrogens is 162 g/mol. The number of nitrogens with one attached hydrogen (secondary N) is 2. The molecule has 0 aliphatic carbocycles. The van der Waals surface area contributed by atoms with Gasteiger partial charge in [-0.2, -0.15) is 0 Å². The number of benzene rings is 1. The van der Waals surface area contributed by atoms with E-state index in [1.165, 1.54) is 11.1 Å². The number of nitrogens with two attached hydrogens (primary N) is 1. The molecule has 1 fully saturated rings. The number of hydrogen-bond acceptors (Lipinski definition) is 3. The fourth-order valence-electron chi connectivity index (χ4n) is 1.76. The topological polar surface area (TPSA) is 50.1 Å². The fraction of sp³-hybridized carbons (Fsp3) is 0.400. The monoisotopic (exact) mass is 177 g/mol. The molecule has 1 aliphatic rings. The van der Waals surface area contributed by atoms with Crippen LogP contribution in [0.15, 0.2) is 24.3 Å². The molecule has 1 heterocycles. The van der Waals surface area contributed by atoms with Gasteiger partial charge in [0.05, 0.1) is 6.17 Å². The smallest absolute Gasteiger partial charge is 0.0698 e. The van der Waals surface area contributed by atoms with E-state index in [1.54, 1.807) is 0 Å². The Labute approximate surface area is 78.3 Å². The predicted octanol–water partition coefficient (Wildman–Crippen LogP) is 0.819. The lowest BCUT2D eigenvalue weighted by Gasteiger charge is -2.12. The third kappa shape index (κ3) is 1.72. The molecule has 0 radical (unpaired) electrons. The van der Waals surface area contributed by atoms with Crippen molar-refractivity contribution < 1.29 is 0 Å². The van der Waals surface area contributed by atoms with E-state index in [4.69, 9.17) is 5.73 Å². The van der Waals surface area contributed by atoms with Crippen LogP contribution in [0.3, 0.4) is 0 Å². The van der Waals surface area contributed by atoms with E-state index in [-0.39, 0.29) is 6.17 Å². The van der Waals surface area contributed by atoms with Crippen molar-refractivity contribution in [2.75, 3.05) is 0 Å². The van der Waals surface area contributed by atoms with Gasteiger partial charge in [0.25, 0.3) is 0 Å². The highest BCUT2D eigenvalue weighted by Gasteiger charge is 2.22. The molecule has 2 rings (SSSR count). The third-order valence-electron chi connectivity index (χ3n) is 2.50. The maximum atomic E-state index is 5.74. The van der Waals surface area contributed by atoms with Crippen molar-refractivity contribution in [3.63, 3.8) is 0 Å². The lowest BCUT2D eigenvalue weighted by molar-refractivity contribution is 0.551. The summed E-state index contributed by atoms with van der Waals surface area (Å²) < 4.78 is 0. The highest BCUT2D eigenvalue weighted by Crippen LogP contribution is 2.22. The zero-order chi connectivity index (χ0) is 9.26. The summed E-state index contributed by atoms with van der Waals surface area (Å²) in [6.45, 7) is 2.13. The lowest BCUT2D eigenvalue weighted by Crippen LogP contribution is -2.36. The van der Waals surface area contributed by atoms with Crippen molar-refractivity contribution in [2.24, 2.45) is 5.73 Å². The van der Waals surface area contributed by atoms with E-state index in [0.717, 1.165) is 6.42 Å². The Morgan fingerprint density at radius 2 is 2.08 bits per heavy atom. The first-order chi connectivity index (χ1) is 6.27. The Morgan fingerprint density at radius 1 is 1.31 bits per heavy atom. The van der Waals surface area contributed by atoms with Gasteiger partial charge in [0, 0.05) is 6.04 Å². The summed E-state index contributed by atoms with van der Waals surface area (Å²) in [5.41, 5.74) is 14.6. The second-order valence-corrected chi connectivity index (χ2v) is 3.54. The number of rotatable bonds is 1. The van der Waals surface area contributed by atoms with Crippen molar-refractivity contribution in [2.45, 2.75) is 25.6 Å². The van der Waals surface area contributed by atoms with Crippen LogP contribution in [0.5, 0.6) is 0 Å². The van der Waals surface area contributed by atoms with Gasteiger partial charge < -0.3 is 5.73 Å². The first-order valence-corrected chi connectivity index (χ1v) is 4.59. The molecule has 0 spiro atoms. The number of hydrazine groups is 1. The van der Waals surface area contributed by atoms with E-state index in [2.05, 4.69) is 42.0 Å². The molecular formula is C10H15N3. The quantitative estimate of drug-likeness (QED) is 0.595. The van der Waals surface area contributed by atoms with E-state index < -0.39 is 0 Å². The first-order valence-electron chi connectivity index (χ1n) is 4.59. The standard InChI is InChI=1S/C10H15N3/c1-7-4-2-3-5-8(7)9-6-10(11)13-12-9/h2-5,9-10,12-13H,6,11H2,1H3. The SMILES string of the molecule is Cc1ccccc1C1CC(N)NN1. The molecule has 1 aromatic carbocycles. The van der Waals surface area contributed by atoms with Gasteiger partial charge in [0.2, 0.25) is 0 Å². The fourth-order valence-corrected chi connectivity index (χ4v) is 1.76. The van der Waals surface area contributed by atoms with Crippen LogP contribution in [0, 0.1) is 6.92 Å². The minimum absolute atomic E-state index is 0.0737. The Hall–Kier alpha value is -0.900. The highest BCUT2D eigenvalue weighted by molar-refractivity contribution is 5.29. The van der Waals surface area contributed by atoms with Crippen LogP contribution in [0.4, 0.5) is 0 Å². The van der Waals surface area contributed by atoms with E-state index in [1.807, 2.05) is 0 Å². The van der Waals surface area contributed by atoms with E-state index in [9.17, 15) is 0 Å². The molecule has 0 aromatic heterocycles. The van der Waals surface area contributed by atoms with Crippen LogP contribution in [-0.4, -0.2) is 6.17 Å². The number of hydrogen-bond donors (Lipinski definition) is 3. The second kappa shape index (κ2) is 3.46. The molecule has 0 amide bonds. The van der Waals surface area contributed by atoms with Crippen molar-refractivity contribution in [1.82, 2.24) is 10.9 Å². The zero-order valence-electron chi connectivity index (χ0n) is 7.75. The van der Waals surface area contributed by atoms with Crippen LogP contribution in [-0.2, 0) is 0 Å². The molecule has 2 unspecified atom stereocenters. The molecule has 2 atom stereocenters. The summed E-state index contributed by atoms with van der Waals surface area (Å²) in [4.78, 5) is 0. The van der Waals surface area contributed by atoms with Crippen molar-refractivity contribution in [3.05, 3.63) is 35.4 Å². The van der Waals surface area contributed by atoms with Gasteiger partial charge in [-0.15, -0.1) is 0 Å². The van der Waals surface area contributed by atoms with Crippen LogP contribution < -0.4 is 16.6 Å². The van der Waals surface area contributed by atoms with Gasteiger partial charge in [-0.05, 0) is 24.5 Å². The third-order valence-corrected chi connectivity index (χ3v) is 2.50. The normalized spacial score (nSPS) is 27.8. The molecule has 0 saturated carbocycles. The van der Waals surface area contributed by atoms with Crippen molar-refractivity contribution in [3.8, 4) is 0 Å². The maximum absolute atomic E-state index is 5.74. The minimum atomic E-state index is 0.0737. The Balaban J connectivity index is 2.21. The van der Waals surface area contributed by atoms with Gasteiger partial charge in [-0.1, -0.05) is 24.3 Å². The van der Waals surface area contributed by atoms with Gasteiger partial charge in [-0.3, -0.25) is 0 Å². The summed E-state index contributed by atoms with van der Waals surface area (Å²) in [6, 6.07) is 8.75. The molecule has 0 bridgehead atoms. The zero-order valence-corrected chi connectivity index (χ0v) is 7.75. The molecule has 3 heteroatoms. The Morgan fingerprint density at radius 3 is 2.69 bits per heavy atom. The minimum Gasteiger partial charge on any atom is -0.315 e. The Kier molecular flexibility index (Phi) is 2.31. The van der Waals surface area contributed by atoms with Gasteiger partial charge in [0.1, 0.15) is 0 Å². The molecule has 1 aromatic rings. The van der Waals surface area contributed by atoms with Gasteiger partial charge in [-0.25, -0.2) is 10.9 Å². The van der Waals surface area contributed by atoms with Crippen LogP contribution in [0.25, 0.3) is 0 Å². The van der Waals surface area contributed by atoms with Gasteiger partial charge >= 0.3 is 0 Å². The summed E-state index contributed by atoms with van der Waals surface area (Å²) >= 11 is 0. The average molecular weight is 177 g/mol. The summed E-state index contributed by atoms with van der Waals surface area (Å²) in [5.74, 6) is 0. The first kappa shape index (κ1) is 8.69. The molecule has 70 valence electrons. The summed E-state index contributed by atoms with van der Waals surface area (Å²) in [5, 5.41) is 0. The van der Waals surface area contributed by atoms with Crippen molar-refractivity contribution >= 4 is 0 Å². The second-order valence-electron chi connectivity index (χ2n) is 3.54. The summed E-state index contributed by atoms with van der Waals surface area (Å²) in [6.07, 6.45) is 1.02. The molecule has 13 heavy (non-hydrogen) atoms. The molecule has 4 N–H and O–H groups in total. The highest BCUT2D eigenvalue weighted by atomic mass is 15.4. The van der Waals surface area contributed by atoms with Crippen LogP contribution in [0.1, 0.15) is 23.6 Å². The lowest BCUT2D eigenvalue weighted by atomic mass is 10.00. The van der Waals surface area contributed by atoms with E-state index in [0.29, 0.717) is 6.04 Å². The largest absolute Gasteiger partial charge is 0.315 e. The average Bonchev–Trinajstić information content (AvgIpc) is 2.53. The number of aryl methyl sites for hydroxylation is 1. The molecule has 1 saturated heterocycles. The molecule has 3 nitrogen and oxygen atoms in total. The van der Waals surface area contributed by atoms with Crippen LogP contribution >= 0.6 is 0 Å².